The maximum absolute atomic E-state index is 12.9. The summed E-state index contributed by atoms with van der Waals surface area (Å²) in [6.45, 7) is 3.73. The van der Waals surface area contributed by atoms with Gasteiger partial charge in [-0.1, -0.05) is 30.3 Å². The van der Waals surface area contributed by atoms with Crippen molar-refractivity contribution in [2.45, 2.75) is 37.3 Å². The first-order valence-electron chi connectivity index (χ1n) is 8.88. The Morgan fingerprint density at radius 1 is 1.04 bits per heavy atom. The lowest BCUT2D eigenvalue weighted by Gasteiger charge is -2.35. The smallest absolute Gasteiger partial charge is 0.241 e. The van der Waals surface area contributed by atoms with Crippen LogP contribution in [0.4, 0.5) is 0 Å². The van der Waals surface area contributed by atoms with E-state index in [9.17, 15) is 4.79 Å². The first kappa shape index (κ1) is 17.7. The first-order chi connectivity index (χ1) is 11.3. The summed E-state index contributed by atoms with van der Waals surface area (Å²) in [6.07, 6.45) is 3.24. The number of amides is 1. The summed E-state index contributed by atoms with van der Waals surface area (Å²) in [5, 5.41) is 3.42. The van der Waals surface area contributed by atoms with Crippen LogP contribution in [0, 0.1) is 5.92 Å². The average Bonchev–Trinajstić information content (AvgIpc) is 3.06. The van der Waals surface area contributed by atoms with Crippen LogP contribution in [0.5, 0.6) is 0 Å². The zero-order valence-electron chi connectivity index (χ0n) is 13.9. The van der Waals surface area contributed by atoms with Gasteiger partial charge in [-0.15, -0.1) is 12.4 Å². The molecule has 0 aliphatic carbocycles. The summed E-state index contributed by atoms with van der Waals surface area (Å²) < 4.78 is 0. The van der Waals surface area contributed by atoms with Crippen LogP contribution in [0.15, 0.2) is 30.3 Å². The molecule has 3 atom stereocenters. The van der Waals surface area contributed by atoms with Gasteiger partial charge in [0.1, 0.15) is 6.04 Å². The van der Waals surface area contributed by atoms with Crippen LogP contribution in [0.1, 0.15) is 30.7 Å². The van der Waals surface area contributed by atoms with Crippen molar-refractivity contribution in [2.75, 3.05) is 26.2 Å². The minimum atomic E-state index is -0.0684. The van der Waals surface area contributed by atoms with Gasteiger partial charge >= 0.3 is 0 Å². The van der Waals surface area contributed by atoms with Crippen LogP contribution in [-0.4, -0.2) is 49.1 Å². The van der Waals surface area contributed by atoms with Crippen LogP contribution >= 0.6 is 12.4 Å². The summed E-state index contributed by atoms with van der Waals surface area (Å²) in [7, 11) is 0. The van der Waals surface area contributed by atoms with E-state index in [1.807, 2.05) is 0 Å². The summed E-state index contributed by atoms with van der Waals surface area (Å²) >= 11 is 0. The molecule has 5 nitrogen and oxygen atoms in total. The Labute approximate surface area is 149 Å². The van der Waals surface area contributed by atoms with Gasteiger partial charge in [-0.25, -0.2) is 5.43 Å². The monoisotopic (exact) mass is 350 g/mol. The number of likely N-dealkylation sites (tertiary alicyclic amines) is 1. The van der Waals surface area contributed by atoms with E-state index in [2.05, 4.69) is 51.4 Å². The molecular formula is C18H27ClN4O. The number of benzene rings is 1. The number of hydrazine groups is 1. The number of carbonyl (C=O) groups excluding carboxylic acids is 1. The molecule has 0 saturated carbocycles. The minimum absolute atomic E-state index is 0. The Balaban J connectivity index is 0.00000169. The molecule has 132 valence electrons. The van der Waals surface area contributed by atoms with E-state index in [1.165, 1.54) is 5.56 Å². The fourth-order valence-electron chi connectivity index (χ4n) is 4.32. The summed E-state index contributed by atoms with van der Waals surface area (Å²) in [5.74, 6) is 1.25. The lowest BCUT2D eigenvalue weighted by molar-refractivity contribution is -0.135. The van der Waals surface area contributed by atoms with Gasteiger partial charge in [0.15, 0.2) is 0 Å². The molecule has 0 spiro atoms. The molecule has 1 amide bonds. The molecule has 3 unspecified atom stereocenters. The first-order valence-corrected chi connectivity index (χ1v) is 8.88. The van der Waals surface area contributed by atoms with Crippen LogP contribution in [0.3, 0.4) is 0 Å². The van der Waals surface area contributed by atoms with Gasteiger partial charge in [0.05, 0.1) is 0 Å². The number of fused-ring (bicyclic) bond motifs is 1. The molecule has 0 bridgehead atoms. The van der Waals surface area contributed by atoms with Crippen molar-refractivity contribution < 1.29 is 4.79 Å². The van der Waals surface area contributed by atoms with Crippen LogP contribution < -0.4 is 16.2 Å². The van der Waals surface area contributed by atoms with Crippen LogP contribution in [0.2, 0.25) is 0 Å². The molecule has 3 aliphatic heterocycles. The molecule has 3 saturated heterocycles. The lowest BCUT2D eigenvalue weighted by atomic mass is 9.87. The van der Waals surface area contributed by atoms with E-state index in [0.717, 1.165) is 45.4 Å². The molecule has 3 aliphatic rings. The third kappa shape index (κ3) is 3.45. The van der Waals surface area contributed by atoms with Gasteiger partial charge in [-0.2, -0.15) is 0 Å². The van der Waals surface area contributed by atoms with Crippen molar-refractivity contribution in [1.29, 1.82) is 0 Å². The van der Waals surface area contributed by atoms with Crippen molar-refractivity contribution in [3.8, 4) is 0 Å². The van der Waals surface area contributed by atoms with E-state index in [1.54, 1.807) is 0 Å². The van der Waals surface area contributed by atoms with Gasteiger partial charge in [0.2, 0.25) is 5.91 Å². The quantitative estimate of drug-likeness (QED) is 0.752. The van der Waals surface area contributed by atoms with Crippen molar-refractivity contribution >= 4 is 18.3 Å². The number of halogens is 1. The maximum Gasteiger partial charge on any atom is 0.241 e. The molecule has 3 heterocycles. The van der Waals surface area contributed by atoms with Crippen molar-refractivity contribution in [3.63, 3.8) is 0 Å². The van der Waals surface area contributed by atoms with Gasteiger partial charge in [0, 0.05) is 31.6 Å². The second-order valence-electron chi connectivity index (χ2n) is 7.04. The fraction of sp³-hybridized carbons (Fsp3) is 0.611. The van der Waals surface area contributed by atoms with Gasteiger partial charge in [-0.3, -0.25) is 10.2 Å². The molecule has 1 aromatic rings. The largest absolute Gasteiger partial charge is 0.341 e. The summed E-state index contributed by atoms with van der Waals surface area (Å²) in [4.78, 5) is 15.0. The number of piperidine rings is 2. The standard InChI is InChI=1S/C18H26N4O.ClH/c23-18(17-15-12-19-9-6-16(15)20-21-17)22-10-7-14(8-11-22)13-4-2-1-3-5-13;/h1-5,14-17,19-21H,6-12H2;1H. The second-order valence-corrected chi connectivity index (χ2v) is 7.04. The maximum atomic E-state index is 12.9. The second kappa shape index (κ2) is 7.83. The zero-order valence-corrected chi connectivity index (χ0v) is 14.7. The van der Waals surface area contributed by atoms with E-state index >= 15 is 0 Å². The molecule has 3 N–H and O–H groups in total. The number of nitrogens with one attached hydrogen (secondary N) is 3. The van der Waals surface area contributed by atoms with Crippen molar-refractivity contribution in [2.24, 2.45) is 5.92 Å². The van der Waals surface area contributed by atoms with Crippen molar-refractivity contribution in [3.05, 3.63) is 35.9 Å². The Hall–Kier alpha value is -1.14. The third-order valence-electron chi connectivity index (χ3n) is 5.73. The average molecular weight is 351 g/mol. The normalized spacial score (nSPS) is 30.5. The highest BCUT2D eigenvalue weighted by atomic mass is 35.5. The Morgan fingerprint density at radius 2 is 1.79 bits per heavy atom. The molecule has 0 radical (unpaired) electrons. The predicted molar refractivity (Wildman–Crippen MR) is 97.1 cm³/mol. The number of hydrogen-bond donors (Lipinski definition) is 3. The van der Waals surface area contributed by atoms with Gasteiger partial charge in [0.25, 0.3) is 0 Å². The number of rotatable bonds is 2. The van der Waals surface area contributed by atoms with E-state index in [-0.39, 0.29) is 24.4 Å². The van der Waals surface area contributed by atoms with E-state index < -0.39 is 0 Å². The van der Waals surface area contributed by atoms with Crippen LogP contribution in [0.25, 0.3) is 0 Å². The fourth-order valence-corrected chi connectivity index (χ4v) is 4.32. The molecule has 24 heavy (non-hydrogen) atoms. The number of hydrogen-bond acceptors (Lipinski definition) is 4. The van der Waals surface area contributed by atoms with Crippen LogP contribution in [-0.2, 0) is 4.79 Å². The Morgan fingerprint density at radius 3 is 2.54 bits per heavy atom. The minimum Gasteiger partial charge on any atom is -0.341 e. The Kier molecular flexibility index (Phi) is 5.76. The third-order valence-corrected chi connectivity index (χ3v) is 5.73. The summed E-state index contributed by atoms with van der Waals surface area (Å²) in [6, 6.07) is 11.1. The van der Waals surface area contributed by atoms with E-state index in [0.29, 0.717) is 17.9 Å². The lowest BCUT2D eigenvalue weighted by Crippen LogP contribution is -2.52. The van der Waals surface area contributed by atoms with Gasteiger partial charge < -0.3 is 10.2 Å². The highest BCUT2D eigenvalue weighted by Gasteiger charge is 2.43. The highest BCUT2D eigenvalue weighted by molar-refractivity contribution is 5.85. The number of nitrogens with zero attached hydrogens (tertiary/aromatic N) is 1. The zero-order chi connectivity index (χ0) is 15.6. The SMILES string of the molecule is Cl.O=C(C1NNC2CCNCC21)N1CCC(c2ccccc2)CC1. The molecular weight excluding hydrogens is 324 g/mol. The van der Waals surface area contributed by atoms with Gasteiger partial charge in [-0.05, 0) is 37.3 Å². The van der Waals surface area contributed by atoms with E-state index in [4.69, 9.17) is 0 Å². The molecule has 0 aromatic heterocycles. The molecule has 3 fully saturated rings. The molecule has 6 heteroatoms. The molecule has 1 aromatic carbocycles. The Bertz CT molecular complexity index is 547. The number of carbonyl (C=O) groups is 1. The highest BCUT2D eigenvalue weighted by Crippen LogP contribution is 2.29. The summed E-state index contributed by atoms with van der Waals surface area (Å²) in [5.41, 5.74) is 8.00. The van der Waals surface area contributed by atoms with Crippen molar-refractivity contribution in [1.82, 2.24) is 21.1 Å². The molecule has 4 rings (SSSR count). The predicted octanol–water partition coefficient (Wildman–Crippen LogP) is 1.27. The topological polar surface area (TPSA) is 56.4 Å².